The molecule has 0 unspecified atom stereocenters. The van der Waals surface area contributed by atoms with Crippen LogP contribution >= 0.6 is 0 Å². The van der Waals surface area contributed by atoms with Gasteiger partial charge in [-0.15, -0.1) is 0 Å². The lowest BCUT2D eigenvalue weighted by molar-refractivity contribution is -0.930. The van der Waals surface area contributed by atoms with E-state index < -0.39 is 0 Å². The first-order chi connectivity index (χ1) is 9.67. The number of hydrogen-bond donors (Lipinski definition) is 0. The third-order valence-electron chi connectivity index (χ3n) is 4.72. The van der Waals surface area contributed by atoms with Gasteiger partial charge in [0.15, 0.2) is 0 Å². The second kappa shape index (κ2) is 12.6. The first-order valence-electron chi connectivity index (χ1n) is 9.52. The van der Waals surface area contributed by atoms with Crippen molar-refractivity contribution in [2.45, 2.75) is 81.1 Å². The van der Waals surface area contributed by atoms with Gasteiger partial charge in [0, 0.05) is 0 Å². The van der Waals surface area contributed by atoms with Crippen LogP contribution in [0.5, 0.6) is 0 Å². The molecule has 0 aliphatic rings. The van der Waals surface area contributed by atoms with E-state index in [9.17, 15) is 0 Å². The van der Waals surface area contributed by atoms with Crippen LogP contribution < -0.4 is 12.4 Å². The van der Waals surface area contributed by atoms with Crippen molar-refractivity contribution in [1.29, 1.82) is 0 Å². The van der Waals surface area contributed by atoms with E-state index in [1.54, 1.807) is 0 Å². The zero-order valence-corrected chi connectivity index (χ0v) is 17.5. The summed E-state index contributed by atoms with van der Waals surface area (Å²) < 4.78 is 1.38. The minimum atomic E-state index is 0. The van der Waals surface area contributed by atoms with Crippen LogP contribution in [0.1, 0.15) is 81.1 Å². The molecule has 1 nitrogen and oxygen atoms in total. The first kappa shape index (κ1) is 24.5. The highest BCUT2D eigenvalue weighted by atomic mass is 35.5. The molecule has 0 bridgehead atoms. The van der Waals surface area contributed by atoms with Crippen LogP contribution in [0.25, 0.3) is 0 Å². The van der Waals surface area contributed by atoms with Gasteiger partial charge in [0.25, 0.3) is 0 Å². The number of halogens is 1. The van der Waals surface area contributed by atoms with Crippen molar-refractivity contribution >= 4 is 0 Å². The van der Waals surface area contributed by atoms with Gasteiger partial charge in [-0.1, -0.05) is 55.4 Å². The third-order valence-corrected chi connectivity index (χ3v) is 4.72. The Hall–Kier alpha value is 0.250. The fourth-order valence-electron chi connectivity index (χ4n) is 2.80. The van der Waals surface area contributed by atoms with E-state index >= 15 is 0 Å². The summed E-state index contributed by atoms with van der Waals surface area (Å²) in [5, 5.41) is 0. The molecule has 0 amide bonds. The van der Waals surface area contributed by atoms with Gasteiger partial charge < -0.3 is 16.9 Å². The Morgan fingerprint density at radius 2 is 0.636 bits per heavy atom. The number of nitrogens with zero attached hydrogens (tertiary/aromatic N) is 1. The molecule has 0 fully saturated rings. The monoisotopic (exact) mass is 333 g/mol. The Labute approximate surface area is 148 Å². The Balaban J connectivity index is 0. The Bertz CT molecular complexity index is 193. The van der Waals surface area contributed by atoms with Gasteiger partial charge in [-0.05, 0) is 49.4 Å². The summed E-state index contributed by atoms with van der Waals surface area (Å²) >= 11 is 0. The van der Waals surface area contributed by atoms with Crippen molar-refractivity contribution in [3.8, 4) is 0 Å². The molecule has 2 heteroatoms. The van der Waals surface area contributed by atoms with Crippen LogP contribution in [0.2, 0.25) is 0 Å². The van der Waals surface area contributed by atoms with Gasteiger partial charge in [0.05, 0.1) is 26.2 Å². The summed E-state index contributed by atoms with van der Waals surface area (Å²) in [6.45, 7) is 24.6. The van der Waals surface area contributed by atoms with E-state index in [1.165, 1.54) is 56.3 Å². The summed E-state index contributed by atoms with van der Waals surface area (Å²) in [5.41, 5.74) is 0. The van der Waals surface area contributed by atoms with Crippen molar-refractivity contribution in [3.63, 3.8) is 0 Å². The standard InChI is InChI=1S/C20H44N.ClH/c1-17(2)9-13-21(14-10-18(3)4,15-11-19(5)6)16-12-20(7)8;/h17-20H,9-16H2,1-8H3;1H/q+1;/p-1. The van der Waals surface area contributed by atoms with E-state index in [0.29, 0.717) is 0 Å². The smallest absolute Gasteiger partial charge is 0.0789 e. The fraction of sp³-hybridized carbons (Fsp3) is 1.00. The highest BCUT2D eigenvalue weighted by molar-refractivity contribution is 4.56. The molecule has 0 spiro atoms. The molecule has 0 aromatic rings. The van der Waals surface area contributed by atoms with Crippen LogP contribution in [0.15, 0.2) is 0 Å². The van der Waals surface area contributed by atoms with Crippen LogP contribution in [-0.4, -0.2) is 30.7 Å². The molecule has 0 radical (unpaired) electrons. The second-order valence-corrected chi connectivity index (χ2v) is 8.97. The number of hydrogen-bond acceptors (Lipinski definition) is 0. The van der Waals surface area contributed by atoms with Crippen molar-refractivity contribution in [3.05, 3.63) is 0 Å². The van der Waals surface area contributed by atoms with Gasteiger partial charge in [0.2, 0.25) is 0 Å². The predicted molar refractivity (Wildman–Crippen MR) is 97.5 cm³/mol. The first-order valence-corrected chi connectivity index (χ1v) is 9.52. The average molecular weight is 334 g/mol. The molecular formula is C20H44ClN. The predicted octanol–water partition coefficient (Wildman–Crippen LogP) is 2.99. The number of quaternary nitrogens is 1. The Morgan fingerprint density at radius 1 is 0.455 bits per heavy atom. The van der Waals surface area contributed by atoms with E-state index in [2.05, 4.69) is 55.4 Å². The van der Waals surface area contributed by atoms with Gasteiger partial charge in [-0.25, -0.2) is 0 Å². The highest BCUT2D eigenvalue weighted by Gasteiger charge is 2.27. The zero-order valence-electron chi connectivity index (χ0n) is 16.8. The van der Waals surface area contributed by atoms with E-state index in [4.69, 9.17) is 0 Å². The molecule has 0 aliphatic carbocycles. The van der Waals surface area contributed by atoms with Gasteiger partial charge in [0.1, 0.15) is 0 Å². The van der Waals surface area contributed by atoms with E-state index in [0.717, 1.165) is 23.7 Å². The summed E-state index contributed by atoms with van der Waals surface area (Å²) in [7, 11) is 0. The minimum absolute atomic E-state index is 0. The van der Waals surface area contributed by atoms with Gasteiger partial charge in [-0.3, -0.25) is 0 Å². The minimum Gasteiger partial charge on any atom is -1.00 e. The van der Waals surface area contributed by atoms with Crippen LogP contribution in [0.3, 0.4) is 0 Å². The second-order valence-electron chi connectivity index (χ2n) is 8.97. The average Bonchev–Trinajstić information content (AvgIpc) is 2.36. The maximum Gasteiger partial charge on any atom is 0.0789 e. The van der Waals surface area contributed by atoms with Gasteiger partial charge in [-0.2, -0.15) is 0 Å². The zero-order chi connectivity index (χ0) is 16.5. The largest absolute Gasteiger partial charge is 1.00 e. The summed E-state index contributed by atoms with van der Waals surface area (Å²) in [5.74, 6) is 3.33. The lowest BCUT2D eigenvalue weighted by Gasteiger charge is -2.41. The molecule has 0 rings (SSSR count). The third kappa shape index (κ3) is 12.8. The maximum absolute atomic E-state index is 2.38. The molecular weight excluding hydrogens is 290 g/mol. The quantitative estimate of drug-likeness (QED) is 0.482. The van der Waals surface area contributed by atoms with Crippen LogP contribution in [-0.2, 0) is 0 Å². The SMILES string of the molecule is CC(C)CC[N+](CCC(C)C)(CCC(C)C)CCC(C)C.[Cl-]. The lowest BCUT2D eigenvalue weighted by atomic mass is 10.0. The normalized spacial score (nSPS) is 12.5. The summed E-state index contributed by atoms with van der Waals surface area (Å²) in [6.07, 6.45) is 5.53. The molecule has 0 saturated carbocycles. The lowest BCUT2D eigenvalue weighted by Crippen LogP contribution is -3.00. The van der Waals surface area contributed by atoms with E-state index in [-0.39, 0.29) is 12.4 Å². The number of rotatable bonds is 12. The fourth-order valence-corrected chi connectivity index (χ4v) is 2.80. The molecule has 0 aliphatic heterocycles. The molecule has 0 saturated heterocycles. The van der Waals surface area contributed by atoms with Gasteiger partial charge >= 0.3 is 0 Å². The molecule has 0 atom stereocenters. The Kier molecular flexibility index (Phi) is 14.1. The topological polar surface area (TPSA) is 0 Å². The summed E-state index contributed by atoms with van der Waals surface area (Å²) in [6, 6.07) is 0. The van der Waals surface area contributed by atoms with Crippen molar-refractivity contribution in [1.82, 2.24) is 0 Å². The van der Waals surface area contributed by atoms with Crippen molar-refractivity contribution in [2.24, 2.45) is 23.7 Å². The molecule has 22 heavy (non-hydrogen) atoms. The van der Waals surface area contributed by atoms with Crippen molar-refractivity contribution in [2.75, 3.05) is 26.2 Å². The maximum atomic E-state index is 2.38. The van der Waals surface area contributed by atoms with Crippen LogP contribution in [0, 0.1) is 23.7 Å². The molecule has 0 aromatic heterocycles. The summed E-state index contributed by atoms with van der Waals surface area (Å²) in [4.78, 5) is 0. The Morgan fingerprint density at radius 3 is 0.773 bits per heavy atom. The molecule has 136 valence electrons. The molecule has 0 aromatic carbocycles. The van der Waals surface area contributed by atoms with Crippen molar-refractivity contribution < 1.29 is 16.9 Å². The molecule has 0 heterocycles. The molecule has 0 N–H and O–H groups in total. The highest BCUT2D eigenvalue weighted by Crippen LogP contribution is 2.21. The van der Waals surface area contributed by atoms with E-state index in [1.807, 2.05) is 0 Å². The van der Waals surface area contributed by atoms with Crippen LogP contribution in [0.4, 0.5) is 0 Å².